The monoisotopic (exact) mass is 214 g/mol. The molecule has 3 N–H and O–H groups in total. The molecule has 82 valence electrons. The van der Waals surface area contributed by atoms with Crippen LogP contribution in [0.4, 0.5) is 0 Å². The number of hydrogen-bond acceptors (Lipinski definition) is 5. The molecule has 0 saturated carbocycles. The van der Waals surface area contributed by atoms with E-state index in [1.807, 2.05) is 0 Å². The first-order valence-electron chi connectivity index (χ1n) is 4.14. The molecular weight excluding hydrogens is 204 g/mol. The molecule has 0 bridgehead atoms. The molecule has 0 aliphatic heterocycles. The number of carboxylic acid groups (broad SMARTS) is 1. The molecule has 0 fully saturated rings. The van der Waals surface area contributed by atoms with E-state index >= 15 is 0 Å². The number of aliphatic hydroxyl groups is 1. The summed E-state index contributed by atoms with van der Waals surface area (Å²) in [6, 6.07) is -0.0785. The van der Waals surface area contributed by atoms with E-state index in [0.717, 1.165) is 0 Å². The first-order chi connectivity index (χ1) is 7.02. The minimum Gasteiger partial charge on any atom is -0.480 e. The summed E-state index contributed by atoms with van der Waals surface area (Å²) in [5.41, 5.74) is -0.0399. The molecule has 1 aromatic heterocycles. The average molecular weight is 214 g/mol. The van der Waals surface area contributed by atoms with Gasteiger partial charge in [-0.2, -0.15) is 0 Å². The van der Waals surface area contributed by atoms with Crippen LogP contribution in [0.25, 0.3) is 0 Å². The Hall–Kier alpha value is -1.89. The molecule has 0 aliphatic rings. The molecule has 15 heavy (non-hydrogen) atoms. The van der Waals surface area contributed by atoms with Crippen molar-refractivity contribution >= 4 is 11.9 Å². The highest BCUT2D eigenvalue weighted by atomic mass is 16.5. The minimum absolute atomic E-state index is 0.0399. The van der Waals surface area contributed by atoms with Crippen LogP contribution in [0, 0.1) is 0 Å². The average Bonchev–Trinajstić information content (AvgIpc) is 2.65. The molecule has 7 heteroatoms. The van der Waals surface area contributed by atoms with E-state index in [1.54, 1.807) is 0 Å². The number of carbonyl (C=O) groups is 2. The van der Waals surface area contributed by atoms with Crippen molar-refractivity contribution in [1.29, 1.82) is 0 Å². The number of amides is 1. The van der Waals surface area contributed by atoms with Crippen molar-refractivity contribution in [3.05, 3.63) is 18.0 Å². The van der Waals surface area contributed by atoms with Crippen LogP contribution in [0.3, 0.4) is 0 Å². The van der Waals surface area contributed by atoms with Crippen molar-refractivity contribution in [2.75, 3.05) is 0 Å². The first-order valence-corrected chi connectivity index (χ1v) is 4.14. The van der Waals surface area contributed by atoms with Crippen molar-refractivity contribution in [2.24, 2.45) is 0 Å². The number of aliphatic hydroxyl groups excluding tert-OH is 1. The molecule has 0 unspecified atom stereocenters. The predicted octanol–water partition coefficient (Wildman–Crippen LogP) is -0.762. The lowest BCUT2D eigenvalue weighted by molar-refractivity contribution is -0.141. The lowest BCUT2D eigenvalue weighted by Gasteiger charge is -2.15. The van der Waals surface area contributed by atoms with Gasteiger partial charge in [0.1, 0.15) is 6.26 Å². The summed E-state index contributed by atoms with van der Waals surface area (Å²) in [7, 11) is 0. The molecule has 0 saturated heterocycles. The predicted molar refractivity (Wildman–Crippen MR) is 47.1 cm³/mol. The van der Waals surface area contributed by atoms with Crippen molar-refractivity contribution in [3.63, 3.8) is 0 Å². The summed E-state index contributed by atoms with van der Waals surface area (Å²) in [5, 5.41) is 23.2. The SMILES string of the molecule is C[C@@H](O)[C@H](NC(=O)c1ccon1)C(=O)O. The third-order valence-corrected chi connectivity index (χ3v) is 1.71. The largest absolute Gasteiger partial charge is 0.480 e. The van der Waals surface area contributed by atoms with Crippen LogP contribution in [0.15, 0.2) is 16.9 Å². The van der Waals surface area contributed by atoms with Gasteiger partial charge in [0.25, 0.3) is 5.91 Å². The van der Waals surface area contributed by atoms with E-state index in [-0.39, 0.29) is 5.69 Å². The van der Waals surface area contributed by atoms with Gasteiger partial charge in [-0.15, -0.1) is 0 Å². The molecule has 0 spiro atoms. The number of carbonyl (C=O) groups excluding carboxylic acids is 1. The standard InChI is InChI=1S/C8H10N2O5/c1-4(11)6(8(13)14)9-7(12)5-2-3-15-10-5/h2-4,6,11H,1H3,(H,9,12)(H,13,14)/t4-,6+/m1/s1. The number of aliphatic carboxylic acids is 1. The number of carboxylic acids is 1. The number of hydrogen-bond donors (Lipinski definition) is 3. The number of aromatic nitrogens is 1. The van der Waals surface area contributed by atoms with Crippen LogP contribution in [-0.2, 0) is 4.79 Å². The number of nitrogens with one attached hydrogen (secondary N) is 1. The van der Waals surface area contributed by atoms with E-state index in [9.17, 15) is 9.59 Å². The number of nitrogens with zero attached hydrogens (tertiary/aromatic N) is 1. The second kappa shape index (κ2) is 4.56. The zero-order chi connectivity index (χ0) is 11.4. The Morgan fingerprint density at radius 1 is 1.60 bits per heavy atom. The Labute approximate surface area is 84.7 Å². The molecule has 7 nitrogen and oxygen atoms in total. The van der Waals surface area contributed by atoms with E-state index < -0.39 is 24.0 Å². The zero-order valence-electron chi connectivity index (χ0n) is 7.88. The van der Waals surface area contributed by atoms with E-state index in [1.165, 1.54) is 19.3 Å². The van der Waals surface area contributed by atoms with Crippen LogP contribution >= 0.6 is 0 Å². The normalized spacial score (nSPS) is 14.3. The molecule has 2 atom stereocenters. The van der Waals surface area contributed by atoms with E-state index in [2.05, 4.69) is 15.0 Å². The van der Waals surface area contributed by atoms with Gasteiger partial charge < -0.3 is 20.1 Å². The fourth-order valence-electron chi connectivity index (χ4n) is 0.934. The maximum atomic E-state index is 11.3. The van der Waals surface area contributed by atoms with Gasteiger partial charge in [0.2, 0.25) is 0 Å². The Kier molecular flexibility index (Phi) is 3.40. The Bertz CT molecular complexity index is 346. The fraction of sp³-hybridized carbons (Fsp3) is 0.375. The highest BCUT2D eigenvalue weighted by Gasteiger charge is 2.26. The fourth-order valence-corrected chi connectivity index (χ4v) is 0.934. The van der Waals surface area contributed by atoms with Gasteiger partial charge in [-0.1, -0.05) is 5.16 Å². The Morgan fingerprint density at radius 3 is 2.67 bits per heavy atom. The van der Waals surface area contributed by atoms with Gasteiger partial charge in [0, 0.05) is 6.07 Å². The van der Waals surface area contributed by atoms with Crippen LogP contribution in [0.5, 0.6) is 0 Å². The number of rotatable bonds is 4. The van der Waals surface area contributed by atoms with Crippen LogP contribution < -0.4 is 5.32 Å². The van der Waals surface area contributed by atoms with Gasteiger partial charge in [-0.3, -0.25) is 4.79 Å². The summed E-state index contributed by atoms with van der Waals surface area (Å²) in [5.74, 6) is -2.03. The lowest BCUT2D eigenvalue weighted by Crippen LogP contribution is -2.47. The lowest BCUT2D eigenvalue weighted by atomic mass is 10.2. The van der Waals surface area contributed by atoms with Gasteiger partial charge in [0.15, 0.2) is 11.7 Å². The summed E-state index contributed by atoms with van der Waals surface area (Å²) in [4.78, 5) is 21.9. The second-order valence-corrected chi connectivity index (χ2v) is 2.91. The zero-order valence-corrected chi connectivity index (χ0v) is 7.88. The molecule has 1 heterocycles. The Morgan fingerprint density at radius 2 is 2.27 bits per heavy atom. The second-order valence-electron chi connectivity index (χ2n) is 2.91. The van der Waals surface area contributed by atoms with Gasteiger partial charge in [-0.25, -0.2) is 4.79 Å². The molecule has 1 rings (SSSR count). The molecule has 0 aliphatic carbocycles. The van der Waals surface area contributed by atoms with Gasteiger partial charge >= 0.3 is 5.97 Å². The Balaban J connectivity index is 2.67. The summed E-state index contributed by atoms with van der Waals surface area (Å²) in [6.45, 7) is 1.27. The van der Waals surface area contributed by atoms with Crippen molar-refractivity contribution < 1.29 is 24.3 Å². The van der Waals surface area contributed by atoms with Crippen LogP contribution in [0.1, 0.15) is 17.4 Å². The smallest absolute Gasteiger partial charge is 0.328 e. The quantitative estimate of drug-likeness (QED) is 0.607. The maximum absolute atomic E-state index is 11.3. The van der Waals surface area contributed by atoms with Crippen LogP contribution in [-0.4, -0.2) is 39.4 Å². The van der Waals surface area contributed by atoms with Gasteiger partial charge in [0.05, 0.1) is 6.10 Å². The van der Waals surface area contributed by atoms with E-state index in [0.29, 0.717) is 0 Å². The highest BCUT2D eigenvalue weighted by molar-refractivity contribution is 5.94. The summed E-state index contributed by atoms with van der Waals surface area (Å²) >= 11 is 0. The van der Waals surface area contributed by atoms with Crippen molar-refractivity contribution in [3.8, 4) is 0 Å². The molecule has 0 aromatic carbocycles. The van der Waals surface area contributed by atoms with Crippen molar-refractivity contribution in [2.45, 2.75) is 19.1 Å². The molecule has 0 radical (unpaired) electrons. The maximum Gasteiger partial charge on any atom is 0.328 e. The third-order valence-electron chi connectivity index (χ3n) is 1.71. The van der Waals surface area contributed by atoms with Crippen molar-refractivity contribution in [1.82, 2.24) is 10.5 Å². The molecule has 1 amide bonds. The molecular formula is C8H10N2O5. The third kappa shape index (κ3) is 2.78. The first kappa shape index (κ1) is 11.2. The van der Waals surface area contributed by atoms with Crippen LogP contribution in [0.2, 0.25) is 0 Å². The van der Waals surface area contributed by atoms with E-state index in [4.69, 9.17) is 10.2 Å². The van der Waals surface area contributed by atoms with Gasteiger partial charge in [-0.05, 0) is 6.92 Å². The topological polar surface area (TPSA) is 113 Å². The minimum atomic E-state index is -1.37. The summed E-state index contributed by atoms with van der Waals surface area (Å²) in [6.07, 6.45) is -0.00841. The summed E-state index contributed by atoms with van der Waals surface area (Å²) < 4.78 is 4.42. The molecule has 1 aromatic rings. The highest BCUT2D eigenvalue weighted by Crippen LogP contribution is 1.98.